The van der Waals surface area contributed by atoms with Crippen LogP contribution in [0.3, 0.4) is 0 Å². The van der Waals surface area contributed by atoms with Crippen LogP contribution < -0.4 is 5.56 Å². The van der Waals surface area contributed by atoms with E-state index in [1.165, 1.54) is 18.9 Å². The molecule has 0 saturated heterocycles. The van der Waals surface area contributed by atoms with Gasteiger partial charge in [0.15, 0.2) is 0 Å². The summed E-state index contributed by atoms with van der Waals surface area (Å²) in [5.41, 5.74) is 2.72. The third-order valence-electron chi connectivity index (χ3n) is 4.94. The summed E-state index contributed by atoms with van der Waals surface area (Å²) >= 11 is 3.05. The summed E-state index contributed by atoms with van der Waals surface area (Å²) in [6, 6.07) is 14.8. The van der Waals surface area contributed by atoms with Crippen LogP contribution in [0.1, 0.15) is 16.2 Å². The Hall–Kier alpha value is -3.56. The summed E-state index contributed by atoms with van der Waals surface area (Å²) in [5, 5.41) is 4.31. The predicted molar refractivity (Wildman–Crippen MR) is 126 cm³/mol. The first-order valence-electron chi connectivity index (χ1n) is 9.66. The summed E-state index contributed by atoms with van der Waals surface area (Å²) in [6.07, 6.45) is 1.55. The van der Waals surface area contributed by atoms with Crippen molar-refractivity contribution in [3.63, 3.8) is 0 Å². The van der Waals surface area contributed by atoms with Gasteiger partial charge in [-0.3, -0.25) is 4.79 Å². The fourth-order valence-corrected chi connectivity index (χ4v) is 5.29. The van der Waals surface area contributed by atoms with E-state index in [1.807, 2.05) is 18.2 Å². The Kier molecular flexibility index (Phi) is 5.42. The van der Waals surface area contributed by atoms with E-state index in [4.69, 9.17) is 4.74 Å². The highest BCUT2D eigenvalue weighted by atomic mass is 32.2. The van der Waals surface area contributed by atoms with Crippen LogP contribution in [-0.4, -0.2) is 33.0 Å². The lowest BCUT2D eigenvalue weighted by atomic mass is 10.1. The van der Waals surface area contributed by atoms with E-state index in [0.29, 0.717) is 28.0 Å². The summed E-state index contributed by atoms with van der Waals surface area (Å²) in [5.74, 6) is 0.432. The molecule has 0 aliphatic carbocycles. The fraction of sp³-hybridized carbons (Fsp3) is 0.0870. The molecule has 5 aromatic rings. The first kappa shape index (κ1) is 20.3. The first-order valence-corrected chi connectivity index (χ1v) is 11.5. The highest BCUT2D eigenvalue weighted by Crippen LogP contribution is 2.38. The normalized spacial score (nSPS) is 11.2. The number of ether oxygens (including phenoxy) is 1. The molecular weight excluding hydrogens is 444 g/mol. The van der Waals surface area contributed by atoms with Gasteiger partial charge in [-0.1, -0.05) is 42.1 Å². The number of aromatic nitrogens is 4. The number of carbonyl (C=O) groups is 1. The molecule has 0 saturated carbocycles. The molecule has 0 aliphatic heterocycles. The van der Waals surface area contributed by atoms with E-state index >= 15 is 0 Å². The third-order valence-corrected chi connectivity index (χ3v) is 6.83. The zero-order valence-electron chi connectivity index (χ0n) is 16.9. The van der Waals surface area contributed by atoms with Gasteiger partial charge in [0.05, 0.1) is 34.7 Å². The van der Waals surface area contributed by atoms with Gasteiger partial charge in [0, 0.05) is 10.9 Å². The molecule has 0 amide bonds. The molecule has 0 spiro atoms. The van der Waals surface area contributed by atoms with Crippen molar-refractivity contribution in [2.24, 2.45) is 0 Å². The van der Waals surface area contributed by atoms with Gasteiger partial charge in [-0.05, 0) is 23.8 Å². The SMILES string of the molecule is COC(=O)c1ccc2c(=O)[nH]c(CSc3ncnc4scc(-c5ccccc5)c34)nc2c1. The minimum Gasteiger partial charge on any atom is -0.465 e. The van der Waals surface area contributed by atoms with Crippen LogP contribution in [0, 0.1) is 0 Å². The number of methoxy groups -OCH3 is 1. The maximum Gasteiger partial charge on any atom is 0.337 e. The van der Waals surface area contributed by atoms with Crippen LogP contribution in [0.4, 0.5) is 0 Å². The lowest BCUT2D eigenvalue weighted by Gasteiger charge is -2.07. The molecule has 0 fully saturated rings. The largest absolute Gasteiger partial charge is 0.465 e. The van der Waals surface area contributed by atoms with E-state index in [9.17, 15) is 9.59 Å². The molecule has 158 valence electrons. The number of thioether (sulfide) groups is 1. The van der Waals surface area contributed by atoms with E-state index < -0.39 is 5.97 Å². The van der Waals surface area contributed by atoms with Gasteiger partial charge in [-0.2, -0.15) is 0 Å². The number of fused-ring (bicyclic) bond motifs is 2. The van der Waals surface area contributed by atoms with Gasteiger partial charge < -0.3 is 9.72 Å². The van der Waals surface area contributed by atoms with Crippen molar-refractivity contribution in [1.82, 2.24) is 19.9 Å². The molecule has 0 bridgehead atoms. The number of H-pyrrole nitrogens is 1. The number of hydrogen-bond acceptors (Lipinski definition) is 8. The maximum atomic E-state index is 12.5. The van der Waals surface area contributed by atoms with E-state index in [2.05, 4.69) is 37.4 Å². The van der Waals surface area contributed by atoms with Crippen LogP contribution in [-0.2, 0) is 10.5 Å². The average molecular weight is 461 g/mol. The van der Waals surface area contributed by atoms with Crippen LogP contribution >= 0.6 is 23.1 Å². The molecule has 0 atom stereocenters. The number of rotatable bonds is 5. The number of carbonyl (C=O) groups excluding carboxylic acids is 1. The number of benzene rings is 2. The summed E-state index contributed by atoms with van der Waals surface area (Å²) in [6.45, 7) is 0. The quantitative estimate of drug-likeness (QED) is 0.231. The van der Waals surface area contributed by atoms with Crippen molar-refractivity contribution in [1.29, 1.82) is 0 Å². The number of aromatic amines is 1. The van der Waals surface area contributed by atoms with Crippen LogP contribution in [0.2, 0.25) is 0 Å². The Morgan fingerprint density at radius 2 is 2.00 bits per heavy atom. The minimum atomic E-state index is -0.473. The van der Waals surface area contributed by atoms with Gasteiger partial charge in [0.2, 0.25) is 0 Å². The van der Waals surface area contributed by atoms with E-state index in [-0.39, 0.29) is 5.56 Å². The summed E-state index contributed by atoms with van der Waals surface area (Å²) in [7, 11) is 1.32. The molecule has 3 aromatic heterocycles. The number of hydrogen-bond donors (Lipinski definition) is 1. The maximum absolute atomic E-state index is 12.5. The Morgan fingerprint density at radius 3 is 2.81 bits per heavy atom. The second-order valence-electron chi connectivity index (χ2n) is 6.90. The van der Waals surface area contributed by atoms with Crippen molar-refractivity contribution in [3.8, 4) is 11.1 Å². The number of thiophene rings is 1. The molecule has 0 radical (unpaired) electrons. The van der Waals surface area contributed by atoms with Crippen molar-refractivity contribution in [2.75, 3.05) is 7.11 Å². The number of nitrogens with one attached hydrogen (secondary N) is 1. The van der Waals surface area contributed by atoms with Crippen molar-refractivity contribution >= 4 is 50.2 Å². The highest BCUT2D eigenvalue weighted by molar-refractivity contribution is 7.98. The second-order valence-corrected chi connectivity index (χ2v) is 8.72. The molecule has 3 heterocycles. The van der Waals surface area contributed by atoms with E-state index in [0.717, 1.165) is 26.4 Å². The van der Waals surface area contributed by atoms with E-state index in [1.54, 1.807) is 35.9 Å². The van der Waals surface area contributed by atoms with Crippen molar-refractivity contribution in [3.05, 3.63) is 82.0 Å². The highest BCUT2D eigenvalue weighted by Gasteiger charge is 2.15. The Morgan fingerprint density at radius 1 is 1.16 bits per heavy atom. The molecule has 32 heavy (non-hydrogen) atoms. The molecule has 5 rings (SSSR count). The monoisotopic (exact) mass is 460 g/mol. The molecule has 9 heteroatoms. The molecule has 0 unspecified atom stereocenters. The van der Waals surface area contributed by atoms with Crippen LogP contribution in [0.15, 0.2) is 70.1 Å². The van der Waals surface area contributed by atoms with Gasteiger partial charge >= 0.3 is 5.97 Å². The lowest BCUT2D eigenvalue weighted by molar-refractivity contribution is 0.0601. The molecule has 7 nitrogen and oxygen atoms in total. The molecule has 1 N–H and O–H groups in total. The molecule has 0 aliphatic rings. The Bertz CT molecular complexity index is 1510. The second kappa shape index (κ2) is 8.52. The van der Waals surface area contributed by atoms with Crippen LogP contribution in [0.25, 0.3) is 32.2 Å². The number of esters is 1. The predicted octanol–water partition coefficient (Wildman–Crippen LogP) is 4.67. The zero-order valence-corrected chi connectivity index (χ0v) is 18.5. The van der Waals surface area contributed by atoms with Crippen molar-refractivity contribution in [2.45, 2.75) is 10.8 Å². The standard InChI is InChI=1S/C23H16N4O3S2/c1-30-23(29)14-7-8-15-17(9-14)26-18(27-20(15)28)11-32-22-19-16(13-5-3-2-4-6-13)10-31-21(19)24-12-25-22/h2-10,12H,11H2,1H3,(H,26,27,28). The van der Waals surface area contributed by atoms with Gasteiger partial charge in [-0.25, -0.2) is 19.7 Å². The number of nitrogens with zero attached hydrogens (tertiary/aromatic N) is 3. The fourth-order valence-electron chi connectivity index (χ4n) is 3.43. The summed E-state index contributed by atoms with van der Waals surface area (Å²) in [4.78, 5) is 41.5. The first-order chi connectivity index (χ1) is 15.6. The van der Waals surface area contributed by atoms with Crippen LogP contribution in [0.5, 0.6) is 0 Å². The van der Waals surface area contributed by atoms with Gasteiger partial charge in [-0.15, -0.1) is 11.3 Å². The minimum absolute atomic E-state index is 0.254. The van der Waals surface area contributed by atoms with Crippen molar-refractivity contribution < 1.29 is 9.53 Å². The smallest absolute Gasteiger partial charge is 0.337 e. The Labute approximate surface area is 190 Å². The zero-order chi connectivity index (χ0) is 22.1. The molecule has 2 aromatic carbocycles. The average Bonchev–Trinajstić information content (AvgIpc) is 3.27. The van der Waals surface area contributed by atoms with Gasteiger partial charge in [0.25, 0.3) is 5.56 Å². The third kappa shape index (κ3) is 3.76. The summed E-state index contributed by atoms with van der Waals surface area (Å²) < 4.78 is 4.76. The molecular formula is C23H16N4O3S2. The lowest BCUT2D eigenvalue weighted by Crippen LogP contribution is -2.12. The topological polar surface area (TPSA) is 97.8 Å². The van der Waals surface area contributed by atoms with Gasteiger partial charge in [0.1, 0.15) is 22.0 Å². The Balaban J connectivity index is 1.50.